The van der Waals surface area contributed by atoms with Gasteiger partial charge < -0.3 is 14.8 Å². The first-order valence-corrected chi connectivity index (χ1v) is 10.1. The van der Waals surface area contributed by atoms with E-state index >= 15 is 0 Å². The zero-order chi connectivity index (χ0) is 20.9. The van der Waals surface area contributed by atoms with Crippen LogP contribution in [0.2, 0.25) is 0 Å². The lowest BCUT2D eigenvalue weighted by Gasteiger charge is -2.12. The highest BCUT2D eigenvalue weighted by molar-refractivity contribution is 7.92. The number of rotatable bonds is 7. The van der Waals surface area contributed by atoms with E-state index in [1.807, 2.05) is 0 Å². The Bertz CT molecular complexity index is 1110. The molecule has 3 aromatic rings. The number of para-hydroxylation sites is 4. The number of hydrogen-bond acceptors (Lipinski definition) is 5. The molecule has 0 radical (unpaired) electrons. The Kier molecular flexibility index (Phi) is 6.04. The number of methoxy groups -OCH3 is 2. The summed E-state index contributed by atoms with van der Waals surface area (Å²) in [6.45, 7) is 0. The lowest BCUT2D eigenvalue weighted by atomic mass is 10.2. The van der Waals surface area contributed by atoms with E-state index in [9.17, 15) is 13.2 Å². The van der Waals surface area contributed by atoms with Crippen LogP contribution in [0.15, 0.2) is 77.7 Å². The molecule has 0 fully saturated rings. The molecule has 3 rings (SSSR count). The number of carbonyl (C=O) groups excluding carboxylic acids is 1. The second kappa shape index (κ2) is 8.66. The van der Waals surface area contributed by atoms with Crippen molar-refractivity contribution in [2.75, 3.05) is 24.3 Å². The standard InChI is InChI=1S/C21H20N2O5S/c1-27-19-9-5-3-7-17(19)22-21(24)15-11-13-16(14-12-15)29(25,26)23-18-8-4-6-10-20(18)28-2/h3-14,23H,1-2H3,(H,22,24). The van der Waals surface area contributed by atoms with Crippen LogP contribution in [0.4, 0.5) is 11.4 Å². The van der Waals surface area contributed by atoms with Gasteiger partial charge in [0.2, 0.25) is 0 Å². The van der Waals surface area contributed by atoms with Crippen molar-refractivity contribution in [2.24, 2.45) is 0 Å². The molecule has 1 amide bonds. The van der Waals surface area contributed by atoms with E-state index in [0.29, 0.717) is 28.4 Å². The van der Waals surface area contributed by atoms with Crippen LogP contribution < -0.4 is 19.5 Å². The average molecular weight is 412 g/mol. The number of benzene rings is 3. The molecule has 0 saturated carbocycles. The van der Waals surface area contributed by atoms with Gasteiger partial charge in [0.25, 0.3) is 15.9 Å². The summed E-state index contributed by atoms with van der Waals surface area (Å²) in [6, 6.07) is 19.3. The minimum absolute atomic E-state index is 0.0252. The Morgan fingerprint density at radius 2 is 1.28 bits per heavy atom. The summed E-state index contributed by atoms with van der Waals surface area (Å²) in [5, 5.41) is 2.75. The van der Waals surface area contributed by atoms with Gasteiger partial charge >= 0.3 is 0 Å². The maximum Gasteiger partial charge on any atom is 0.262 e. The SMILES string of the molecule is COc1ccccc1NC(=O)c1ccc(S(=O)(=O)Nc2ccccc2OC)cc1. The quantitative estimate of drug-likeness (QED) is 0.616. The van der Waals surface area contributed by atoms with Gasteiger partial charge in [-0.2, -0.15) is 0 Å². The molecule has 7 nitrogen and oxygen atoms in total. The number of nitrogens with one attached hydrogen (secondary N) is 2. The molecule has 29 heavy (non-hydrogen) atoms. The first-order valence-electron chi connectivity index (χ1n) is 8.65. The largest absolute Gasteiger partial charge is 0.495 e. The van der Waals surface area contributed by atoms with Crippen molar-refractivity contribution in [2.45, 2.75) is 4.90 Å². The van der Waals surface area contributed by atoms with E-state index in [1.165, 1.54) is 38.5 Å². The third kappa shape index (κ3) is 4.67. The zero-order valence-corrected chi connectivity index (χ0v) is 16.7. The summed E-state index contributed by atoms with van der Waals surface area (Å²) < 4.78 is 38.1. The number of hydrogen-bond donors (Lipinski definition) is 2. The fourth-order valence-electron chi connectivity index (χ4n) is 2.66. The number of ether oxygens (including phenoxy) is 2. The molecule has 0 atom stereocenters. The normalized spacial score (nSPS) is 10.8. The van der Waals surface area contributed by atoms with Crippen LogP contribution in [-0.4, -0.2) is 28.5 Å². The first kappa shape index (κ1) is 20.2. The molecular weight excluding hydrogens is 392 g/mol. The highest BCUT2D eigenvalue weighted by Crippen LogP contribution is 2.27. The molecule has 8 heteroatoms. The van der Waals surface area contributed by atoms with Gasteiger partial charge in [0.1, 0.15) is 11.5 Å². The van der Waals surface area contributed by atoms with Gasteiger partial charge in [0.15, 0.2) is 0 Å². The zero-order valence-electron chi connectivity index (χ0n) is 15.9. The highest BCUT2D eigenvalue weighted by Gasteiger charge is 2.17. The molecule has 0 saturated heterocycles. The van der Waals surface area contributed by atoms with E-state index in [0.717, 1.165) is 0 Å². The van der Waals surface area contributed by atoms with Crippen molar-refractivity contribution in [3.8, 4) is 11.5 Å². The van der Waals surface area contributed by atoms with Crippen molar-refractivity contribution >= 4 is 27.3 Å². The van der Waals surface area contributed by atoms with Gasteiger partial charge in [-0.1, -0.05) is 24.3 Å². The Balaban J connectivity index is 1.77. The molecule has 0 unspecified atom stereocenters. The predicted octanol–water partition coefficient (Wildman–Crippen LogP) is 3.76. The van der Waals surface area contributed by atoms with Crippen LogP contribution in [0.25, 0.3) is 0 Å². The molecule has 0 spiro atoms. The van der Waals surface area contributed by atoms with Crippen molar-refractivity contribution in [3.63, 3.8) is 0 Å². The lowest BCUT2D eigenvalue weighted by Crippen LogP contribution is -2.15. The van der Waals surface area contributed by atoms with E-state index in [4.69, 9.17) is 9.47 Å². The van der Waals surface area contributed by atoms with Crippen molar-refractivity contribution in [1.82, 2.24) is 0 Å². The summed E-state index contributed by atoms with van der Waals surface area (Å²) in [4.78, 5) is 12.5. The van der Waals surface area contributed by atoms with Gasteiger partial charge in [-0.3, -0.25) is 9.52 Å². The van der Waals surface area contributed by atoms with E-state index < -0.39 is 10.0 Å². The highest BCUT2D eigenvalue weighted by atomic mass is 32.2. The third-order valence-corrected chi connectivity index (χ3v) is 5.51. The van der Waals surface area contributed by atoms with E-state index in [2.05, 4.69) is 10.0 Å². The second-order valence-electron chi connectivity index (χ2n) is 5.98. The fourth-order valence-corrected chi connectivity index (χ4v) is 3.73. The van der Waals surface area contributed by atoms with Gasteiger partial charge in [0, 0.05) is 5.56 Å². The Morgan fingerprint density at radius 1 is 0.759 bits per heavy atom. The molecular formula is C21H20N2O5S. The maximum absolute atomic E-state index is 12.6. The van der Waals surface area contributed by atoms with Crippen LogP contribution >= 0.6 is 0 Å². The lowest BCUT2D eigenvalue weighted by molar-refractivity contribution is 0.102. The molecule has 0 bridgehead atoms. The summed E-state index contributed by atoms with van der Waals surface area (Å²) >= 11 is 0. The number of sulfonamides is 1. The summed E-state index contributed by atoms with van der Waals surface area (Å²) in [5.74, 6) is 0.557. The Labute approximate surface area is 169 Å². The summed E-state index contributed by atoms with van der Waals surface area (Å²) in [7, 11) is -0.866. The molecule has 0 aliphatic rings. The van der Waals surface area contributed by atoms with Gasteiger partial charge in [0.05, 0.1) is 30.5 Å². The van der Waals surface area contributed by atoms with E-state index in [1.54, 1.807) is 48.5 Å². The number of amides is 1. The van der Waals surface area contributed by atoms with Gasteiger partial charge in [-0.15, -0.1) is 0 Å². The molecule has 0 aliphatic heterocycles. The number of anilines is 2. The monoisotopic (exact) mass is 412 g/mol. The number of carbonyl (C=O) groups is 1. The molecule has 3 aromatic carbocycles. The molecule has 2 N–H and O–H groups in total. The van der Waals surface area contributed by atoms with E-state index in [-0.39, 0.29) is 10.8 Å². The van der Waals surface area contributed by atoms with Crippen LogP contribution in [-0.2, 0) is 10.0 Å². The average Bonchev–Trinajstić information content (AvgIpc) is 2.74. The Morgan fingerprint density at radius 3 is 1.86 bits per heavy atom. The van der Waals surface area contributed by atoms with Crippen molar-refractivity contribution in [3.05, 3.63) is 78.4 Å². The summed E-state index contributed by atoms with van der Waals surface area (Å²) in [5.41, 5.74) is 1.16. The third-order valence-electron chi connectivity index (χ3n) is 4.13. The van der Waals surface area contributed by atoms with Crippen molar-refractivity contribution in [1.29, 1.82) is 0 Å². The van der Waals surface area contributed by atoms with Gasteiger partial charge in [-0.25, -0.2) is 8.42 Å². The minimum Gasteiger partial charge on any atom is -0.495 e. The second-order valence-corrected chi connectivity index (χ2v) is 7.67. The van der Waals surface area contributed by atoms with Gasteiger partial charge in [-0.05, 0) is 48.5 Å². The van der Waals surface area contributed by atoms with Crippen LogP contribution in [0.1, 0.15) is 10.4 Å². The summed E-state index contributed by atoms with van der Waals surface area (Å²) in [6.07, 6.45) is 0. The molecule has 0 aromatic heterocycles. The molecule has 0 heterocycles. The molecule has 150 valence electrons. The van der Waals surface area contributed by atoms with Crippen molar-refractivity contribution < 1.29 is 22.7 Å². The van der Waals surface area contributed by atoms with Crippen LogP contribution in [0.3, 0.4) is 0 Å². The molecule has 0 aliphatic carbocycles. The van der Waals surface area contributed by atoms with Crippen LogP contribution in [0, 0.1) is 0 Å². The van der Waals surface area contributed by atoms with Crippen LogP contribution in [0.5, 0.6) is 11.5 Å². The Hall–Kier alpha value is -3.52. The minimum atomic E-state index is -3.84. The maximum atomic E-state index is 12.6. The topological polar surface area (TPSA) is 93.7 Å². The fraction of sp³-hybridized carbons (Fsp3) is 0.0952. The smallest absolute Gasteiger partial charge is 0.262 e. The first-order chi connectivity index (χ1) is 13.9. The predicted molar refractivity (Wildman–Crippen MR) is 111 cm³/mol.